The van der Waals surface area contributed by atoms with Crippen LogP contribution in [0.25, 0.3) is 0 Å². The second kappa shape index (κ2) is 4.55. The highest BCUT2D eigenvalue weighted by Gasteiger charge is 2.18. The zero-order valence-corrected chi connectivity index (χ0v) is 9.95. The van der Waals surface area contributed by atoms with Gasteiger partial charge in [0.2, 0.25) is 0 Å². The Balaban J connectivity index is 2.00. The van der Waals surface area contributed by atoms with E-state index in [2.05, 4.69) is 0 Å². The second-order valence-electron chi connectivity index (χ2n) is 4.43. The van der Waals surface area contributed by atoms with E-state index in [1.165, 1.54) is 0 Å². The standard InChI is InChI=1S/C15H10F2O2/c16-12-3-4-13(14(17)6-12)15(18)9-1-2-10-7-19-8-11(10)5-9/h1-6H,7-8H2. The average Bonchev–Trinajstić information content (AvgIpc) is 2.85. The largest absolute Gasteiger partial charge is 0.372 e. The molecule has 2 aromatic rings. The molecule has 1 heterocycles. The Labute approximate surface area is 108 Å². The van der Waals surface area contributed by atoms with Gasteiger partial charge in [-0.2, -0.15) is 0 Å². The molecular formula is C15H10F2O2. The maximum absolute atomic E-state index is 13.6. The van der Waals surface area contributed by atoms with E-state index in [1.54, 1.807) is 18.2 Å². The summed E-state index contributed by atoms with van der Waals surface area (Å²) in [6.45, 7) is 0.997. The monoisotopic (exact) mass is 260 g/mol. The smallest absolute Gasteiger partial charge is 0.195 e. The van der Waals surface area contributed by atoms with Crippen LogP contribution in [0.2, 0.25) is 0 Å². The lowest BCUT2D eigenvalue weighted by atomic mass is 9.99. The molecule has 0 saturated carbocycles. The molecule has 4 heteroatoms. The Morgan fingerprint density at radius 3 is 2.58 bits per heavy atom. The molecule has 0 atom stereocenters. The summed E-state index contributed by atoms with van der Waals surface area (Å²) in [5.74, 6) is -2.00. The van der Waals surface area contributed by atoms with Gasteiger partial charge in [-0.3, -0.25) is 4.79 Å². The van der Waals surface area contributed by atoms with Crippen molar-refractivity contribution in [1.29, 1.82) is 0 Å². The van der Waals surface area contributed by atoms with E-state index in [-0.39, 0.29) is 5.56 Å². The molecule has 3 rings (SSSR count). The van der Waals surface area contributed by atoms with E-state index in [0.717, 1.165) is 23.3 Å². The van der Waals surface area contributed by atoms with E-state index < -0.39 is 17.4 Å². The summed E-state index contributed by atoms with van der Waals surface area (Å²) in [4.78, 5) is 12.2. The summed E-state index contributed by atoms with van der Waals surface area (Å²) in [7, 11) is 0. The fraction of sp³-hybridized carbons (Fsp3) is 0.133. The fourth-order valence-electron chi connectivity index (χ4n) is 2.14. The quantitative estimate of drug-likeness (QED) is 0.775. The van der Waals surface area contributed by atoms with E-state index in [1.807, 2.05) is 0 Å². The molecule has 0 unspecified atom stereocenters. The molecule has 0 radical (unpaired) electrons. The molecule has 0 spiro atoms. The highest BCUT2D eigenvalue weighted by molar-refractivity contribution is 6.09. The number of rotatable bonds is 2. The summed E-state index contributed by atoms with van der Waals surface area (Å²) in [5.41, 5.74) is 2.24. The molecular weight excluding hydrogens is 250 g/mol. The first-order chi connectivity index (χ1) is 9.15. The van der Waals surface area contributed by atoms with Gasteiger partial charge in [0, 0.05) is 11.6 Å². The third-order valence-corrected chi connectivity index (χ3v) is 3.16. The van der Waals surface area contributed by atoms with E-state index >= 15 is 0 Å². The topological polar surface area (TPSA) is 26.3 Å². The summed E-state index contributed by atoms with van der Waals surface area (Å²) in [5, 5.41) is 0. The first-order valence-electron chi connectivity index (χ1n) is 5.84. The number of carbonyl (C=O) groups is 1. The number of hydrogen-bond donors (Lipinski definition) is 0. The number of fused-ring (bicyclic) bond motifs is 1. The Morgan fingerprint density at radius 2 is 1.79 bits per heavy atom. The minimum Gasteiger partial charge on any atom is -0.372 e. The minimum absolute atomic E-state index is 0.125. The van der Waals surface area contributed by atoms with Crippen LogP contribution in [0.3, 0.4) is 0 Å². The maximum atomic E-state index is 13.6. The number of benzene rings is 2. The predicted molar refractivity (Wildman–Crippen MR) is 64.7 cm³/mol. The molecule has 0 amide bonds. The van der Waals surface area contributed by atoms with Crippen molar-refractivity contribution in [3.8, 4) is 0 Å². The van der Waals surface area contributed by atoms with Crippen molar-refractivity contribution in [2.75, 3.05) is 0 Å². The van der Waals surface area contributed by atoms with Crippen molar-refractivity contribution in [3.63, 3.8) is 0 Å². The van der Waals surface area contributed by atoms with Crippen LogP contribution in [0.15, 0.2) is 36.4 Å². The van der Waals surface area contributed by atoms with Crippen LogP contribution in [0.1, 0.15) is 27.0 Å². The molecule has 0 N–H and O–H groups in total. The van der Waals surface area contributed by atoms with Crippen molar-refractivity contribution in [2.45, 2.75) is 13.2 Å². The molecule has 0 bridgehead atoms. The van der Waals surface area contributed by atoms with Gasteiger partial charge in [0.05, 0.1) is 18.8 Å². The van der Waals surface area contributed by atoms with Crippen molar-refractivity contribution in [1.82, 2.24) is 0 Å². The summed E-state index contributed by atoms with van der Waals surface area (Å²) in [6.07, 6.45) is 0. The lowest BCUT2D eigenvalue weighted by Gasteiger charge is -2.05. The SMILES string of the molecule is O=C(c1ccc2c(c1)COC2)c1ccc(F)cc1F. The van der Waals surface area contributed by atoms with Gasteiger partial charge < -0.3 is 4.74 Å². The van der Waals surface area contributed by atoms with E-state index in [4.69, 9.17) is 4.74 Å². The van der Waals surface area contributed by atoms with Crippen LogP contribution in [0.5, 0.6) is 0 Å². The molecule has 1 aliphatic heterocycles. The van der Waals surface area contributed by atoms with Crippen LogP contribution in [-0.4, -0.2) is 5.78 Å². The summed E-state index contributed by atoms with van der Waals surface area (Å²) >= 11 is 0. The van der Waals surface area contributed by atoms with Gasteiger partial charge in [0.15, 0.2) is 5.78 Å². The lowest BCUT2D eigenvalue weighted by molar-refractivity contribution is 0.103. The number of halogens is 2. The van der Waals surface area contributed by atoms with Crippen molar-refractivity contribution in [3.05, 3.63) is 70.3 Å². The van der Waals surface area contributed by atoms with E-state index in [9.17, 15) is 13.6 Å². The lowest BCUT2D eigenvalue weighted by Crippen LogP contribution is -2.05. The van der Waals surface area contributed by atoms with Gasteiger partial charge in [-0.05, 0) is 29.3 Å². The van der Waals surface area contributed by atoms with Gasteiger partial charge in [0.1, 0.15) is 11.6 Å². The zero-order chi connectivity index (χ0) is 13.4. The Hall–Kier alpha value is -2.07. The number of ketones is 1. The fourth-order valence-corrected chi connectivity index (χ4v) is 2.14. The first-order valence-corrected chi connectivity index (χ1v) is 5.84. The normalized spacial score (nSPS) is 13.4. The molecule has 0 saturated heterocycles. The van der Waals surface area contributed by atoms with Crippen molar-refractivity contribution < 1.29 is 18.3 Å². The first kappa shape index (κ1) is 12.0. The van der Waals surface area contributed by atoms with Crippen molar-refractivity contribution in [2.24, 2.45) is 0 Å². The third-order valence-electron chi connectivity index (χ3n) is 3.16. The number of carbonyl (C=O) groups excluding carboxylic acids is 1. The molecule has 96 valence electrons. The Kier molecular flexibility index (Phi) is 2.87. The average molecular weight is 260 g/mol. The molecule has 0 aromatic heterocycles. The predicted octanol–water partition coefficient (Wildman–Crippen LogP) is 3.23. The van der Waals surface area contributed by atoms with Gasteiger partial charge in [-0.25, -0.2) is 8.78 Å². The molecule has 2 nitrogen and oxygen atoms in total. The number of ether oxygens (including phenoxy) is 1. The van der Waals surface area contributed by atoms with Crippen LogP contribution >= 0.6 is 0 Å². The maximum Gasteiger partial charge on any atom is 0.195 e. The molecule has 1 aliphatic rings. The molecule has 0 aliphatic carbocycles. The van der Waals surface area contributed by atoms with Gasteiger partial charge >= 0.3 is 0 Å². The molecule has 0 fully saturated rings. The Morgan fingerprint density at radius 1 is 1.00 bits per heavy atom. The van der Waals surface area contributed by atoms with Crippen LogP contribution in [-0.2, 0) is 18.0 Å². The van der Waals surface area contributed by atoms with Crippen LogP contribution < -0.4 is 0 Å². The van der Waals surface area contributed by atoms with Gasteiger partial charge in [0.25, 0.3) is 0 Å². The molecule has 2 aromatic carbocycles. The van der Waals surface area contributed by atoms with Crippen LogP contribution in [0.4, 0.5) is 8.78 Å². The highest BCUT2D eigenvalue weighted by Crippen LogP contribution is 2.23. The van der Waals surface area contributed by atoms with Gasteiger partial charge in [-0.15, -0.1) is 0 Å². The molecule has 19 heavy (non-hydrogen) atoms. The summed E-state index contributed by atoms with van der Waals surface area (Å²) in [6, 6.07) is 8.09. The van der Waals surface area contributed by atoms with Gasteiger partial charge in [-0.1, -0.05) is 12.1 Å². The van der Waals surface area contributed by atoms with Crippen molar-refractivity contribution >= 4 is 5.78 Å². The van der Waals surface area contributed by atoms with Crippen LogP contribution in [0, 0.1) is 11.6 Å². The highest BCUT2D eigenvalue weighted by atomic mass is 19.1. The Bertz CT molecular complexity index is 665. The zero-order valence-electron chi connectivity index (χ0n) is 9.95. The number of hydrogen-bond acceptors (Lipinski definition) is 2. The summed E-state index contributed by atoms with van der Waals surface area (Å²) < 4.78 is 31.7. The van der Waals surface area contributed by atoms with E-state index in [0.29, 0.717) is 24.8 Å². The minimum atomic E-state index is -0.846. The third kappa shape index (κ3) is 2.15. The second-order valence-corrected chi connectivity index (χ2v) is 4.43.